The van der Waals surface area contributed by atoms with Gasteiger partial charge in [0.25, 0.3) is 0 Å². The van der Waals surface area contributed by atoms with Crippen LogP contribution in [0.2, 0.25) is 0 Å². The second-order valence-corrected chi connectivity index (χ2v) is 14.2. The predicted octanol–water partition coefficient (Wildman–Crippen LogP) is 8.22. The minimum Gasteiger partial charge on any atom is -0.466 e. The molecule has 0 radical (unpaired) electrons. The van der Waals surface area contributed by atoms with Gasteiger partial charge in [0.05, 0.1) is 41.0 Å². The zero-order chi connectivity index (χ0) is 32.1. The normalized spacial score (nSPS) is 14.1. The van der Waals surface area contributed by atoms with Gasteiger partial charge in [-0.05, 0) is 26.2 Å². The predicted molar refractivity (Wildman–Crippen MR) is 175 cm³/mol. The van der Waals surface area contributed by atoms with Crippen molar-refractivity contribution in [3.05, 3.63) is 0 Å². The van der Waals surface area contributed by atoms with Crippen LogP contribution < -0.4 is 0 Å². The maximum atomic E-state index is 12.3. The number of carbonyl (C=O) groups excluding carboxylic acids is 1. The molecule has 0 rings (SSSR count). The molecule has 2 atom stereocenters. The monoisotopic (exact) mass is 638 g/mol. The van der Waals surface area contributed by atoms with Crippen molar-refractivity contribution < 1.29 is 42.0 Å². The molecule has 0 amide bonds. The van der Waals surface area contributed by atoms with Gasteiger partial charge in [-0.2, -0.15) is 0 Å². The number of phosphoric ester groups is 1. The van der Waals surface area contributed by atoms with Crippen molar-refractivity contribution in [3.63, 3.8) is 0 Å². The highest BCUT2D eigenvalue weighted by molar-refractivity contribution is 7.47. The minimum atomic E-state index is -4.17. The smallest absolute Gasteiger partial charge is 0.466 e. The van der Waals surface area contributed by atoms with E-state index in [0.717, 1.165) is 38.5 Å². The Balaban J connectivity index is 4.14. The topological polar surface area (TPSA) is 101 Å². The molecule has 10 heteroatoms. The van der Waals surface area contributed by atoms with E-state index in [4.69, 9.17) is 23.3 Å². The molecule has 0 aliphatic rings. The fourth-order valence-corrected chi connectivity index (χ4v) is 5.35. The lowest BCUT2D eigenvalue weighted by Gasteiger charge is -2.24. The molecule has 43 heavy (non-hydrogen) atoms. The van der Waals surface area contributed by atoms with Crippen LogP contribution in [0, 0.1) is 0 Å². The molecule has 9 nitrogen and oxygen atoms in total. The van der Waals surface area contributed by atoms with Crippen molar-refractivity contribution >= 4 is 13.8 Å². The molecule has 0 aliphatic heterocycles. The Hall–Kier alpha value is -0.540. The van der Waals surface area contributed by atoms with Gasteiger partial charge in [-0.1, -0.05) is 103 Å². The molecular formula is C33H69NO8P+. The number of quaternary nitrogens is 1. The van der Waals surface area contributed by atoms with Crippen molar-refractivity contribution in [1.29, 1.82) is 0 Å². The van der Waals surface area contributed by atoms with E-state index in [-0.39, 0.29) is 19.2 Å². The minimum absolute atomic E-state index is 0.0697. The first kappa shape index (κ1) is 42.5. The molecule has 0 bridgehead atoms. The first-order valence-corrected chi connectivity index (χ1v) is 18.9. The van der Waals surface area contributed by atoms with Gasteiger partial charge in [0.2, 0.25) is 0 Å². The highest BCUT2D eigenvalue weighted by Gasteiger charge is 2.25. The summed E-state index contributed by atoms with van der Waals surface area (Å²) in [6.45, 7) is 6.59. The van der Waals surface area contributed by atoms with E-state index in [9.17, 15) is 14.3 Å². The van der Waals surface area contributed by atoms with E-state index in [2.05, 4.69) is 6.92 Å². The summed E-state index contributed by atoms with van der Waals surface area (Å²) in [5.41, 5.74) is 0. The molecule has 0 aliphatic carbocycles. The van der Waals surface area contributed by atoms with Crippen LogP contribution in [0.5, 0.6) is 0 Å². The van der Waals surface area contributed by atoms with E-state index in [1.165, 1.54) is 77.0 Å². The summed E-state index contributed by atoms with van der Waals surface area (Å²) < 4.78 is 40.1. The number of unbranched alkanes of at least 4 members (excludes halogenated alkanes) is 16. The van der Waals surface area contributed by atoms with Crippen LogP contribution in [0.25, 0.3) is 0 Å². The molecule has 0 fully saturated rings. The lowest BCUT2D eigenvalue weighted by Crippen LogP contribution is -2.37. The first-order valence-electron chi connectivity index (χ1n) is 17.4. The number of hydrogen-bond donors (Lipinski definition) is 1. The summed E-state index contributed by atoms with van der Waals surface area (Å²) >= 11 is 0. The second kappa shape index (κ2) is 28.9. The maximum Gasteiger partial charge on any atom is 0.472 e. The van der Waals surface area contributed by atoms with Crippen molar-refractivity contribution in [1.82, 2.24) is 0 Å². The van der Waals surface area contributed by atoms with Gasteiger partial charge in [-0.15, -0.1) is 0 Å². The third-order valence-corrected chi connectivity index (χ3v) is 8.30. The van der Waals surface area contributed by atoms with E-state index in [1.807, 2.05) is 28.1 Å². The van der Waals surface area contributed by atoms with Gasteiger partial charge in [0, 0.05) is 19.6 Å². The lowest BCUT2D eigenvalue weighted by molar-refractivity contribution is -0.870. The fourth-order valence-electron chi connectivity index (χ4n) is 4.61. The van der Waals surface area contributed by atoms with Crippen LogP contribution in [-0.2, 0) is 32.6 Å². The summed E-state index contributed by atoms with van der Waals surface area (Å²) in [5.74, 6) is -0.149. The number of ether oxygens (including phenoxy) is 3. The maximum absolute atomic E-state index is 12.3. The molecule has 0 saturated carbocycles. The third-order valence-electron chi connectivity index (χ3n) is 7.32. The number of esters is 1. The number of rotatable bonds is 33. The molecule has 0 spiro atoms. The van der Waals surface area contributed by atoms with E-state index >= 15 is 0 Å². The van der Waals surface area contributed by atoms with Gasteiger partial charge in [-0.3, -0.25) is 13.8 Å². The van der Waals surface area contributed by atoms with Crippen molar-refractivity contribution in [2.24, 2.45) is 0 Å². The molecule has 0 aromatic heterocycles. The molecule has 2 unspecified atom stereocenters. The van der Waals surface area contributed by atoms with Gasteiger partial charge in [0.15, 0.2) is 0 Å². The quantitative estimate of drug-likeness (QED) is 0.0332. The largest absolute Gasteiger partial charge is 0.472 e. The van der Waals surface area contributed by atoms with Crippen LogP contribution in [0.15, 0.2) is 0 Å². The van der Waals surface area contributed by atoms with Crippen molar-refractivity contribution in [3.8, 4) is 0 Å². The molecule has 0 aromatic rings. The highest BCUT2D eigenvalue weighted by atomic mass is 31.2. The molecular weight excluding hydrogens is 569 g/mol. The SMILES string of the molecule is CCCCCCCCCCCCCCCCOCC(COP(=O)(O)OCC[N+](C)(C)C)OCCCCCCC(=O)OCC. The Kier molecular flexibility index (Phi) is 28.5. The molecule has 1 N–H and O–H groups in total. The number of nitrogens with zero attached hydrogens (tertiary/aromatic N) is 1. The van der Waals surface area contributed by atoms with E-state index < -0.39 is 13.9 Å². The van der Waals surface area contributed by atoms with Crippen molar-refractivity contribution in [2.45, 2.75) is 142 Å². The Morgan fingerprint density at radius 2 is 1.19 bits per heavy atom. The number of hydrogen-bond acceptors (Lipinski definition) is 7. The zero-order valence-electron chi connectivity index (χ0n) is 28.7. The van der Waals surface area contributed by atoms with Crippen LogP contribution in [0.1, 0.15) is 136 Å². The Bertz CT molecular complexity index is 674. The van der Waals surface area contributed by atoms with Crippen molar-refractivity contribution in [2.75, 3.05) is 67.3 Å². The average Bonchev–Trinajstić information content (AvgIpc) is 2.94. The third kappa shape index (κ3) is 32.7. The van der Waals surface area contributed by atoms with Crippen LogP contribution >= 0.6 is 7.82 Å². The summed E-state index contributed by atoms with van der Waals surface area (Å²) in [5, 5.41) is 0. The van der Waals surface area contributed by atoms with Gasteiger partial charge in [-0.25, -0.2) is 4.57 Å². The first-order chi connectivity index (χ1) is 20.6. The highest BCUT2D eigenvalue weighted by Crippen LogP contribution is 2.43. The number of likely N-dealkylation sites (N-methyl/N-ethyl adjacent to an activating group) is 1. The molecule has 0 heterocycles. The Labute approximate surface area is 264 Å². The molecule has 258 valence electrons. The fraction of sp³-hybridized carbons (Fsp3) is 0.970. The van der Waals surface area contributed by atoms with E-state index in [1.54, 1.807) is 0 Å². The summed E-state index contributed by atoms with van der Waals surface area (Å²) in [6, 6.07) is 0. The molecule has 0 saturated heterocycles. The lowest BCUT2D eigenvalue weighted by atomic mass is 10.0. The molecule has 0 aromatic carbocycles. The second-order valence-electron chi connectivity index (χ2n) is 12.7. The van der Waals surface area contributed by atoms with Gasteiger partial charge < -0.3 is 23.6 Å². The van der Waals surface area contributed by atoms with Crippen LogP contribution in [0.4, 0.5) is 0 Å². The summed E-state index contributed by atoms with van der Waals surface area (Å²) in [6.07, 6.45) is 21.9. The Morgan fingerprint density at radius 1 is 0.674 bits per heavy atom. The zero-order valence-corrected chi connectivity index (χ0v) is 29.6. The van der Waals surface area contributed by atoms with E-state index in [0.29, 0.717) is 43.9 Å². The summed E-state index contributed by atoms with van der Waals surface area (Å²) in [7, 11) is 1.80. The summed E-state index contributed by atoms with van der Waals surface area (Å²) in [4.78, 5) is 21.5. The Morgan fingerprint density at radius 3 is 1.72 bits per heavy atom. The van der Waals surface area contributed by atoms with Gasteiger partial charge >= 0.3 is 13.8 Å². The standard InChI is InChI=1S/C33H68NO8P/c1-6-8-9-10-11-12-13-14-15-16-17-18-20-23-27-38-30-32(31-42-43(36,37)41-29-26-34(3,4)5)40-28-24-21-19-22-25-33(35)39-7-2/h32H,6-31H2,1-5H3/p+1. The average molecular weight is 639 g/mol. The van der Waals surface area contributed by atoms with Gasteiger partial charge in [0.1, 0.15) is 19.3 Å². The van der Waals surface area contributed by atoms with Crippen LogP contribution in [-0.4, -0.2) is 88.8 Å². The van der Waals surface area contributed by atoms with Crippen LogP contribution in [0.3, 0.4) is 0 Å². The number of carbonyl (C=O) groups is 1. The number of phosphoric acid groups is 1.